The second kappa shape index (κ2) is 2.88. The number of rotatable bonds is 0. The van der Waals surface area contributed by atoms with Gasteiger partial charge in [-0.3, -0.25) is 4.98 Å². The monoisotopic (exact) mass is 126 g/mol. The molecule has 4 heteroatoms. The predicted octanol–water partition coefficient (Wildman–Crippen LogP) is 0.408. The van der Waals surface area contributed by atoms with Gasteiger partial charge in [0.2, 0.25) is 0 Å². The Balaban J connectivity index is 0.000000640. The minimum atomic E-state index is 0. The Hall–Kier alpha value is -1.29. The number of aromatic nitrogens is 1. The summed E-state index contributed by atoms with van der Waals surface area (Å²) in [5.41, 5.74) is 11.8. The van der Waals surface area contributed by atoms with Gasteiger partial charge in [-0.05, 0) is 6.07 Å². The Labute approximate surface area is 53.5 Å². The molecule has 0 saturated heterocycles. The molecule has 1 aromatic heterocycles. The fraction of sp³-hybridized carbons (Fsp3) is 0. The highest BCUT2D eigenvalue weighted by Crippen LogP contribution is 2.08. The maximum atomic E-state index is 5.35. The highest BCUT2D eigenvalue weighted by atomic mass is 14.7. The van der Waals surface area contributed by atoms with Crippen molar-refractivity contribution in [3.63, 3.8) is 0 Å². The first-order valence-corrected chi connectivity index (χ1v) is 2.25. The number of hydrogen-bond donors (Lipinski definition) is 3. The second-order valence-corrected chi connectivity index (χ2v) is 1.50. The molecule has 4 nitrogen and oxygen atoms in total. The molecule has 0 saturated carbocycles. The van der Waals surface area contributed by atoms with E-state index in [1.165, 1.54) is 6.20 Å². The molecule has 0 bridgehead atoms. The van der Waals surface area contributed by atoms with Gasteiger partial charge in [0, 0.05) is 6.20 Å². The van der Waals surface area contributed by atoms with E-state index in [9.17, 15) is 0 Å². The van der Waals surface area contributed by atoms with Crippen molar-refractivity contribution in [3.05, 3.63) is 18.5 Å². The van der Waals surface area contributed by atoms with Crippen molar-refractivity contribution in [2.75, 3.05) is 11.5 Å². The molecule has 0 aliphatic heterocycles. The standard InChI is InChI=1S/C5H7N3.H3N/c6-4-1-2-8-3-5(4)7;/h1-3H,7H2,(H2,6,8);1H3. The van der Waals surface area contributed by atoms with Gasteiger partial charge in [-0.2, -0.15) is 0 Å². The van der Waals surface area contributed by atoms with Gasteiger partial charge in [0.05, 0.1) is 17.6 Å². The van der Waals surface area contributed by atoms with E-state index in [0.717, 1.165) is 0 Å². The molecule has 0 radical (unpaired) electrons. The van der Waals surface area contributed by atoms with E-state index in [4.69, 9.17) is 11.5 Å². The van der Waals surface area contributed by atoms with Crippen LogP contribution in [-0.2, 0) is 0 Å². The van der Waals surface area contributed by atoms with E-state index < -0.39 is 0 Å². The van der Waals surface area contributed by atoms with Crippen LogP contribution in [0.2, 0.25) is 0 Å². The molecule has 9 heavy (non-hydrogen) atoms. The smallest absolute Gasteiger partial charge is 0.0734 e. The van der Waals surface area contributed by atoms with Crippen LogP contribution in [-0.4, -0.2) is 4.98 Å². The molecular weight excluding hydrogens is 116 g/mol. The molecule has 0 unspecified atom stereocenters. The summed E-state index contributed by atoms with van der Waals surface area (Å²) >= 11 is 0. The molecule has 7 N–H and O–H groups in total. The molecule has 0 aliphatic rings. The molecule has 0 aromatic carbocycles. The molecule has 1 aromatic rings. The maximum absolute atomic E-state index is 5.35. The molecule has 50 valence electrons. The summed E-state index contributed by atoms with van der Waals surface area (Å²) in [4.78, 5) is 3.74. The van der Waals surface area contributed by atoms with Gasteiger partial charge >= 0.3 is 0 Å². The van der Waals surface area contributed by atoms with Crippen LogP contribution >= 0.6 is 0 Å². The zero-order valence-corrected chi connectivity index (χ0v) is 5.04. The summed E-state index contributed by atoms with van der Waals surface area (Å²) in [5, 5.41) is 0. The summed E-state index contributed by atoms with van der Waals surface area (Å²) < 4.78 is 0. The lowest BCUT2D eigenvalue weighted by Gasteiger charge is -1.93. The number of nitrogen functional groups attached to an aromatic ring is 2. The zero-order chi connectivity index (χ0) is 5.98. The predicted molar refractivity (Wildman–Crippen MR) is 38.1 cm³/mol. The highest BCUT2D eigenvalue weighted by molar-refractivity contribution is 5.60. The van der Waals surface area contributed by atoms with E-state index >= 15 is 0 Å². The van der Waals surface area contributed by atoms with Gasteiger partial charge in [-0.25, -0.2) is 0 Å². The van der Waals surface area contributed by atoms with Gasteiger partial charge < -0.3 is 17.6 Å². The number of hydrogen-bond acceptors (Lipinski definition) is 4. The average Bonchev–Trinajstić information content (AvgIpc) is 1.77. The lowest BCUT2D eigenvalue weighted by molar-refractivity contribution is 1.34. The third kappa shape index (κ3) is 1.58. The quantitative estimate of drug-likeness (QED) is 0.468. The van der Waals surface area contributed by atoms with Crippen molar-refractivity contribution in [3.8, 4) is 0 Å². The van der Waals surface area contributed by atoms with E-state index in [-0.39, 0.29) is 6.15 Å². The van der Waals surface area contributed by atoms with Crippen LogP contribution in [0.1, 0.15) is 0 Å². The lowest BCUT2D eigenvalue weighted by atomic mass is 10.4. The molecule has 1 heterocycles. The van der Waals surface area contributed by atoms with Crippen molar-refractivity contribution in [1.29, 1.82) is 0 Å². The summed E-state index contributed by atoms with van der Waals surface area (Å²) in [7, 11) is 0. The van der Waals surface area contributed by atoms with Crippen molar-refractivity contribution in [2.45, 2.75) is 0 Å². The van der Waals surface area contributed by atoms with E-state index in [1.807, 2.05) is 0 Å². The van der Waals surface area contributed by atoms with Gasteiger partial charge in [0.1, 0.15) is 0 Å². The van der Waals surface area contributed by atoms with Crippen molar-refractivity contribution >= 4 is 11.4 Å². The Morgan fingerprint density at radius 2 is 1.89 bits per heavy atom. The first kappa shape index (κ1) is 7.71. The van der Waals surface area contributed by atoms with Crippen LogP contribution in [0.3, 0.4) is 0 Å². The van der Waals surface area contributed by atoms with E-state index in [1.54, 1.807) is 12.3 Å². The third-order valence-electron chi connectivity index (χ3n) is 0.887. The van der Waals surface area contributed by atoms with E-state index in [0.29, 0.717) is 11.4 Å². The van der Waals surface area contributed by atoms with Crippen LogP contribution in [0.25, 0.3) is 0 Å². The van der Waals surface area contributed by atoms with Gasteiger partial charge in [0.25, 0.3) is 0 Å². The minimum absolute atomic E-state index is 0. The summed E-state index contributed by atoms with van der Waals surface area (Å²) in [6.45, 7) is 0. The van der Waals surface area contributed by atoms with Crippen LogP contribution in [0, 0.1) is 0 Å². The Morgan fingerprint density at radius 1 is 1.22 bits per heavy atom. The van der Waals surface area contributed by atoms with Gasteiger partial charge in [-0.1, -0.05) is 0 Å². The largest absolute Gasteiger partial charge is 0.397 e. The first-order chi connectivity index (χ1) is 3.80. The van der Waals surface area contributed by atoms with Crippen molar-refractivity contribution in [2.24, 2.45) is 0 Å². The normalized spacial score (nSPS) is 8.00. The number of nitrogens with two attached hydrogens (primary N) is 2. The average molecular weight is 126 g/mol. The number of nitrogens with zero attached hydrogens (tertiary/aromatic N) is 1. The molecular formula is C5H10N4. The lowest BCUT2D eigenvalue weighted by Crippen LogP contribution is -1.93. The van der Waals surface area contributed by atoms with Crippen molar-refractivity contribution in [1.82, 2.24) is 11.1 Å². The Morgan fingerprint density at radius 3 is 2.22 bits per heavy atom. The first-order valence-electron chi connectivity index (χ1n) is 2.25. The van der Waals surface area contributed by atoms with Crippen LogP contribution < -0.4 is 17.6 Å². The summed E-state index contributed by atoms with van der Waals surface area (Å²) in [5.74, 6) is 0. The molecule has 1 rings (SSSR count). The zero-order valence-electron chi connectivity index (χ0n) is 5.04. The number of anilines is 2. The fourth-order valence-corrected chi connectivity index (χ4v) is 0.417. The second-order valence-electron chi connectivity index (χ2n) is 1.50. The summed E-state index contributed by atoms with van der Waals surface area (Å²) in [6, 6.07) is 1.66. The van der Waals surface area contributed by atoms with Gasteiger partial charge in [-0.15, -0.1) is 0 Å². The number of pyridine rings is 1. The van der Waals surface area contributed by atoms with Crippen LogP contribution in [0.5, 0.6) is 0 Å². The highest BCUT2D eigenvalue weighted by Gasteiger charge is 1.86. The SMILES string of the molecule is N.Nc1ccncc1N. The molecule has 0 aliphatic carbocycles. The Kier molecular flexibility index (Phi) is 2.47. The summed E-state index contributed by atoms with van der Waals surface area (Å²) in [6.07, 6.45) is 3.13. The molecule has 0 fully saturated rings. The molecule has 0 atom stereocenters. The van der Waals surface area contributed by atoms with E-state index in [2.05, 4.69) is 4.98 Å². The van der Waals surface area contributed by atoms with Crippen LogP contribution in [0.15, 0.2) is 18.5 Å². The fourth-order valence-electron chi connectivity index (χ4n) is 0.417. The molecule has 0 amide bonds. The minimum Gasteiger partial charge on any atom is -0.397 e. The van der Waals surface area contributed by atoms with Crippen LogP contribution in [0.4, 0.5) is 11.4 Å². The molecule has 0 spiro atoms. The Bertz CT molecular complexity index is 165. The maximum Gasteiger partial charge on any atom is 0.0734 e. The topological polar surface area (TPSA) is 99.9 Å². The van der Waals surface area contributed by atoms with Crippen molar-refractivity contribution < 1.29 is 0 Å². The van der Waals surface area contributed by atoms with Gasteiger partial charge in [0.15, 0.2) is 0 Å². The third-order valence-corrected chi connectivity index (χ3v) is 0.887.